The molecule has 4 nitrogen and oxygen atoms in total. The van der Waals surface area contributed by atoms with Crippen molar-refractivity contribution in [2.75, 3.05) is 13.2 Å². The molecule has 222 valence electrons. The molecule has 0 unspecified atom stereocenters. The van der Waals surface area contributed by atoms with Crippen molar-refractivity contribution in [2.45, 2.75) is 188 Å². The van der Waals surface area contributed by atoms with E-state index in [4.69, 9.17) is 4.74 Å². The van der Waals surface area contributed by atoms with Gasteiger partial charge in [-0.15, -0.1) is 0 Å². The lowest BCUT2D eigenvalue weighted by atomic mass is 10.1. The van der Waals surface area contributed by atoms with Gasteiger partial charge in [-0.05, 0) is 19.3 Å². The highest BCUT2D eigenvalue weighted by molar-refractivity contribution is 5.69. The van der Waals surface area contributed by atoms with Gasteiger partial charge in [0.2, 0.25) is 0 Å². The third-order valence-corrected chi connectivity index (χ3v) is 6.80. The number of carbonyl (C=O) groups is 2. The van der Waals surface area contributed by atoms with Gasteiger partial charge in [0.05, 0.1) is 13.2 Å². The van der Waals surface area contributed by atoms with Crippen LogP contribution in [0.1, 0.15) is 188 Å². The van der Waals surface area contributed by atoms with E-state index in [1.54, 1.807) is 0 Å². The van der Waals surface area contributed by atoms with E-state index in [9.17, 15) is 9.59 Å². The maximum absolute atomic E-state index is 11.8. The van der Waals surface area contributed by atoms with Crippen molar-refractivity contribution in [1.29, 1.82) is 0 Å². The molecule has 0 fully saturated rings. The molecule has 0 heterocycles. The van der Waals surface area contributed by atoms with Crippen LogP contribution in [0.2, 0.25) is 0 Å². The van der Waals surface area contributed by atoms with E-state index in [1.165, 1.54) is 135 Å². The Balaban J connectivity index is 0. The van der Waals surface area contributed by atoms with E-state index >= 15 is 0 Å². The lowest BCUT2D eigenvalue weighted by molar-refractivity contribution is -0.144. The molecule has 4 heteroatoms. The second-order valence-electron chi connectivity index (χ2n) is 10.7. The van der Waals surface area contributed by atoms with Gasteiger partial charge >= 0.3 is 11.9 Å². The molecule has 0 aliphatic rings. The first-order valence-corrected chi connectivity index (χ1v) is 16.4. The number of carbonyl (C=O) groups excluding carboxylic acids is 2. The van der Waals surface area contributed by atoms with E-state index < -0.39 is 0 Å². The summed E-state index contributed by atoms with van der Waals surface area (Å²) in [5.74, 6) is -0.161. The van der Waals surface area contributed by atoms with Crippen LogP contribution >= 0.6 is 0 Å². The lowest BCUT2D eigenvalue weighted by Gasteiger charge is -2.06. The molecule has 0 saturated heterocycles. The summed E-state index contributed by atoms with van der Waals surface area (Å²) in [5.41, 5.74) is 0. The van der Waals surface area contributed by atoms with Gasteiger partial charge in [-0.1, -0.05) is 156 Å². The number of hydrogen-bond donors (Lipinski definition) is 0. The van der Waals surface area contributed by atoms with Gasteiger partial charge in [0, 0.05) is 13.3 Å². The van der Waals surface area contributed by atoms with Gasteiger partial charge in [0.15, 0.2) is 0 Å². The highest BCUT2D eigenvalue weighted by atomic mass is 16.5. The smallest absolute Gasteiger partial charge is 0.305 e. The van der Waals surface area contributed by atoms with E-state index in [2.05, 4.69) is 25.5 Å². The second-order valence-corrected chi connectivity index (χ2v) is 10.7. The number of esters is 2. The average Bonchev–Trinajstić information content (AvgIpc) is 2.88. The van der Waals surface area contributed by atoms with Crippen molar-refractivity contribution in [3.8, 4) is 0 Å². The highest BCUT2D eigenvalue weighted by Crippen LogP contribution is 2.13. The fourth-order valence-electron chi connectivity index (χ4n) is 4.32. The normalized spacial score (nSPS) is 10.6. The molecule has 37 heavy (non-hydrogen) atoms. The molecule has 0 atom stereocenters. The molecule has 0 amide bonds. The summed E-state index contributed by atoms with van der Waals surface area (Å²) in [5, 5.41) is 0. The summed E-state index contributed by atoms with van der Waals surface area (Å²) in [7, 11) is 0. The predicted octanol–water partition coefficient (Wildman–Crippen LogP) is 10.9. The van der Waals surface area contributed by atoms with Crippen LogP contribution in [-0.4, -0.2) is 25.2 Å². The van der Waals surface area contributed by atoms with Crippen LogP contribution in [-0.2, 0) is 19.1 Å². The third-order valence-electron chi connectivity index (χ3n) is 6.80. The Hall–Kier alpha value is -1.06. The van der Waals surface area contributed by atoms with Crippen LogP contribution in [0.4, 0.5) is 0 Å². The zero-order chi connectivity index (χ0) is 27.7. The molecular weight excluding hydrogens is 460 g/mol. The Morgan fingerprint density at radius 3 is 1.11 bits per heavy atom. The minimum absolute atomic E-state index is 0.0213. The Bertz CT molecular complexity index is 450. The van der Waals surface area contributed by atoms with Crippen LogP contribution in [0.5, 0.6) is 0 Å². The predicted molar refractivity (Wildman–Crippen MR) is 160 cm³/mol. The Kier molecular flexibility index (Phi) is 36.0. The molecule has 0 radical (unpaired) electrons. The minimum Gasteiger partial charge on any atom is -0.466 e. The SMILES string of the molecule is CCCCCCCCCCCCCOC(=O)CCCCCCCCCCCCC.CCCCOC(C)=O. The molecular formula is C33H66O4. The molecule has 0 aromatic carbocycles. The maximum Gasteiger partial charge on any atom is 0.305 e. The monoisotopic (exact) mass is 526 g/mol. The Labute approximate surface area is 232 Å². The molecule has 0 aliphatic carbocycles. The van der Waals surface area contributed by atoms with Crippen molar-refractivity contribution < 1.29 is 19.1 Å². The topological polar surface area (TPSA) is 52.6 Å². The Morgan fingerprint density at radius 2 is 0.730 bits per heavy atom. The molecule has 0 N–H and O–H groups in total. The second kappa shape index (κ2) is 34.9. The van der Waals surface area contributed by atoms with Crippen LogP contribution in [0.15, 0.2) is 0 Å². The number of rotatable bonds is 27. The zero-order valence-corrected chi connectivity index (χ0v) is 25.7. The fourth-order valence-corrected chi connectivity index (χ4v) is 4.32. The largest absolute Gasteiger partial charge is 0.466 e. The van der Waals surface area contributed by atoms with Gasteiger partial charge in [-0.3, -0.25) is 9.59 Å². The van der Waals surface area contributed by atoms with Gasteiger partial charge in [0.25, 0.3) is 0 Å². The molecule has 0 aromatic rings. The van der Waals surface area contributed by atoms with Crippen LogP contribution in [0.25, 0.3) is 0 Å². The van der Waals surface area contributed by atoms with Crippen molar-refractivity contribution in [3.05, 3.63) is 0 Å². The molecule has 0 aliphatic heterocycles. The van der Waals surface area contributed by atoms with Gasteiger partial charge in [-0.25, -0.2) is 0 Å². The molecule has 0 aromatic heterocycles. The Morgan fingerprint density at radius 1 is 0.405 bits per heavy atom. The lowest BCUT2D eigenvalue weighted by Crippen LogP contribution is -2.05. The molecule has 0 saturated carbocycles. The number of hydrogen-bond acceptors (Lipinski definition) is 4. The van der Waals surface area contributed by atoms with Crippen molar-refractivity contribution in [2.24, 2.45) is 0 Å². The summed E-state index contributed by atoms with van der Waals surface area (Å²) in [6.07, 6.45) is 31.9. The minimum atomic E-state index is -0.182. The summed E-state index contributed by atoms with van der Waals surface area (Å²) in [4.78, 5) is 21.9. The summed E-state index contributed by atoms with van der Waals surface area (Å²) >= 11 is 0. The van der Waals surface area contributed by atoms with Crippen LogP contribution < -0.4 is 0 Å². The standard InChI is InChI=1S/C27H54O2.C6H12O2/c1-3-5-7-9-11-13-15-17-19-21-23-25-27(28)29-26-24-22-20-18-16-14-12-10-8-6-4-2;1-3-4-5-8-6(2)7/h3-26H2,1-2H3;3-5H2,1-2H3. The molecule has 0 bridgehead atoms. The first-order valence-electron chi connectivity index (χ1n) is 16.4. The zero-order valence-electron chi connectivity index (χ0n) is 25.7. The number of unbranched alkanes of at least 4 members (excludes halogenated alkanes) is 21. The van der Waals surface area contributed by atoms with E-state index in [0.717, 1.165) is 25.7 Å². The summed E-state index contributed by atoms with van der Waals surface area (Å²) in [6.45, 7) is 9.24. The van der Waals surface area contributed by atoms with Crippen molar-refractivity contribution in [1.82, 2.24) is 0 Å². The van der Waals surface area contributed by atoms with Gasteiger partial charge in [0.1, 0.15) is 0 Å². The third kappa shape index (κ3) is 39.6. The van der Waals surface area contributed by atoms with Crippen molar-refractivity contribution in [3.63, 3.8) is 0 Å². The highest BCUT2D eigenvalue weighted by Gasteiger charge is 2.02. The average molecular weight is 527 g/mol. The quantitative estimate of drug-likeness (QED) is 0.0788. The number of ether oxygens (including phenoxy) is 2. The van der Waals surface area contributed by atoms with E-state index in [1.807, 2.05) is 0 Å². The van der Waals surface area contributed by atoms with Crippen LogP contribution in [0, 0.1) is 0 Å². The fraction of sp³-hybridized carbons (Fsp3) is 0.939. The van der Waals surface area contributed by atoms with Gasteiger partial charge < -0.3 is 9.47 Å². The van der Waals surface area contributed by atoms with Gasteiger partial charge in [-0.2, -0.15) is 0 Å². The maximum atomic E-state index is 11.8. The molecule has 0 spiro atoms. The summed E-state index contributed by atoms with van der Waals surface area (Å²) < 4.78 is 10.0. The van der Waals surface area contributed by atoms with Crippen LogP contribution in [0.3, 0.4) is 0 Å². The van der Waals surface area contributed by atoms with E-state index in [-0.39, 0.29) is 11.9 Å². The summed E-state index contributed by atoms with van der Waals surface area (Å²) in [6, 6.07) is 0. The molecule has 0 rings (SSSR count). The van der Waals surface area contributed by atoms with Crippen molar-refractivity contribution >= 4 is 11.9 Å². The van der Waals surface area contributed by atoms with E-state index in [0.29, 0.717) is 19.6 Å². The first-order chi connectivity index (χ1) is 18.1. The first kappa shape index (κ1) is 38.1.